The molecule has 2 heterocycles. The predicted molar refractivity (Wildman–Crippen MR) is 148 cm³/mol. The molecule has 8 heteroatoms. The molecule has 0 radical (unpaired) electrons. The minimum absolute atomic E-state index is 0.0386. The second-order valence-corrected chi connectivity index (χ2v) is 10.00. The molecule has 0 fully saturated rings. The summed E-state index contributed by atoms with van der Waals surface area (Å²) in [5.74, 6) is -0.590. The fourth-order valence-corrected chi connectivity index (χ4v) is 5.37. The molecule has 0 unspecified atom stereocenters. The van der Waals surface area contributed by atoms with E-state index in [2.05, 4.69) is 51.4 Å². The van der Waals surface area contributed by atoms with Crippen molar-refractivity contribution in [1.29, 1.82) is 0 Å². The SMILES string of the molecule is CN(C)C(=O)c1ccc(CN(CCc2c[nH]c3ccccc23)[C@@H]2CCc3cc(C=CC(=O)NO)ccc32)[nH]1. The number of benzene rings is 2. The number of hydroxylamine groups is 1. The summed E-state index contributed by atoms with van der Waals surface area (Å²) in [6, 6.07) is 18.8. The number of aromatic nitrogens is 2. The van der Waals surface area contributed by atoms with Gasteiger partial charge in [0.15, 0.2) is 0 Å². The monoisotopic (exact) mass is 511 g/mol. The first-order valence-electron chi connectivity index (χ1n) is 12.9. The summed E-state index contributed by atoms with van der Waals surface area (Å²) in [5, 5.41) is 9.99. The molecule has 8 nitrogen and oxygen atoms in total. The van der Waals surface area contributed by atoms with E-state index in [1.54, 1.807) is 30.6 Å². The smallest absolute Gasteiger partial charge is 0.269 e. The lowest BCUT2D eigenvalue weighted by molar-refractivity contribution is -0.124. The van der Waals surface area contributed by atoms with Crippen LogP contribution in [0.2, 0.25) is 0 Å². The van der Waals surface area contributed by atoms with Gasteiger partial charge in [-0.25, -0.2) is 5.48 Å². The lowest BCUT2D eigenvalue weighted by Crippen LogP contribution is -2.29. The maximum absolute atomic E-state index is 12.4. The molecule has 196 valence electrons. The van der Waals surface area contributed by atoms with Crippen LogP contribution < -0.4 is 5.48 Å². The molecular formula is C30H33N5O3. The van der Waals surface area contributed by atoms with Gasteiger partial charge < -0.3 is 14.9 Å². The second kappa shape index (κ2) is 11.1. The van der Waals surface area contributed by atoms with Gasteiger partial charge >= 0.3 is 0 Å². The molecule has 2 aromatic carbocycles. The number of para-hydroxylation sites is 1. The molecular weight excluding hydrogens is 478 g/mol. The minimum Gasteiger partial charge on any atom is -0.361 e. The highest BCUT2D eigenvalue weighted by Gasteiger charge is 2.28. The van der Waals surface area contributed by atoms with Crippen molar-refractivity contribution in [3.05, 3.63) is 101 Å². The number of hydrogen-bond acceptors (Lipinski definition) is 4. The van der Waals surface area contributed by atoms with Crippen LogP contribution in [0.15, 0.2) is 66.9 Å². The summed E-state index contributed by atoms with van der Waals surface area (Å²) in [6.07, 6.45) is 7.98. The van der Waals surface area contributed by atoms with E-state index in [1.807, 2.05) is 24.3 Å². The largest absolute Gasteiger partial charge is 0.361 e. The molecule has 0 bridgehead atoms. The number of H-pyrrole nitrogens is 2. The maximum atomic E-state index is 12.4. The van der Waals surface area contributed by atoms with Gasteiger partial charge in [0.05, 0.1) is 0 Å². The number of aromatic amines is 2. The Morgan fingerprint density at radius 2 is 1.97 bits per heavy atom. The first-order chi connectivity index (χ1) is 18.4. The number of rotatable bonds is 9. The van der Waals surface area contributed by atoms with Crippen LogP contribution in [0.3, 0.4) is 0 Å². The molecule has 0 aliphatic heterocycles. The molecule has 0 spiro atoms. The van der Waals surface area contributed by atoms with Gasteiger partial charge in [0, 0.05) is 62.1 Å². The van der Waals surface area contributed by atoms with Gasteiger partial charge in [0.25, 0.3) is 11.8 Å². The van der Waals surface area contributed by atoms with Crippen LogP contribution in [0.5, 0.6) is 0 Å². The van der Waals surface area contributed by atoms with Crippen LogP contribution in [-0.2, 0) is 24.2 Å². The van der Waals surface area contributed by atoms with Crippen LogP contribution in [0.4, 0.5) is 0 Å². The van der Waals surface area contributed by atoms with E-state index in [1.165, 1.54) is 28.2 Å². The average molecular weight is 512 g/mol. The summed E-state index contributed by atoms with van der Waals surface area (Å²) < 4.78 is 0. The van der Waals surface area contributed by atoms with Crippen LogP contribution >= 0.6 is 0 Å². The van der Waals surface area contributed by atoms with Crippen molar-refractivity contribution >= 4 is 28.8 Å². The Kier molecular flexibility index (Phi) is 7.44. The lowest BCUT2D eigenvalue weighted by Gasteiger charge is -2.29. The zero-order valence-electron chi connectivity index (χ0n) is 21.7. The first-order valence-corrected chi connectivity index (χ1v) is 12.9. The zero-order chi connectivity index (χ0) is 26.6. The molecule has 0 saturated carbocycles. The van der Waals surface area contributed by atoms with Gasteiger partial charge in [-0.1, -0.05) is 36.4 Å². The van der Waals surface area contributed by atoms with E-state index in [9.17, 15) is 9.59 Å². The highest BCUT2D eigenvalue weighted by atomic mass is 16.5. The quantitative estimate of drug-likeness (QED) is 0.151. The Morgan fingerprint density at radius 1 is 1.13 bits per heavy atom. The molecule has 4 N–H and O–H groups in total. The molecule has 1 aliphatic rings. The number of nitrogens with one attached hydrogen (secondary N) is 3. The van der Waals surface area contributed by atoms with E-state index in [4.69, 9.17) is 5.21 Å². The molecule has 4 aromatic rings. The molecule has 1 atom stereocenters. The normalized spacial score (nSPS) is 14.9. The van der Waals surface area contributed by atoms with Crippen LogP contribution in [0.25, 0.3) is 17.0 Å². The average Bonchev–Trinajstić information content (AvgIpc) is 3.67. The van der Waals surface area contributed by atoms with Crippen molar-refractivity contribution < 1.29 is 14.8 Å². The Labute approximate surface area is 221 Å². The van der Waals surface area contributed by atoms with E-state index < -0.39 is 5.91 Å². The van der Waals surface area contributed by atoms with E-state index in [0.29, 0.717) is 12.2 Å². The van der Waals surface area contributed by atoms with Crippen LogP contribution in [-0.4, -0.2) is 57.4 Å². The molecule has 1 aliphatic carbocycles. The van der Waals surface area contributed by atoms with Gasteiger partial charge in [0.1, 0.15) is 5.69 Å². The zero-order valence-corrected chi connectivity index (χ0v) is 21.7. The number of hydrogen-bond donors (Lipinski definition) is 4. The van der Waals surface area contributed by atoms with Crippen molar-refractivity contribution in [3.63, 3.8) is 0 Å². The second-order valence-electron chi connectivity index (χ2n) is 10.00. The van der Waals surface area contributed by atoms with Crippen LogP contribution in [0.1, 0.15) is 50.9 Å². The highest BCUT2D eigenvalue weighted by Crippen LogP contribution is 2.37. The molecule has 38 heavy (non-hydrogen) atoms. The van der Waals surface area contributed by atoms with Crippen molar-refractivity contribution in [1.82, 2.24) is 25.2 Å². The van der Waals surface area contributed by atoms with Gasteiger partial charge in [0.2, 0.25) is 0 Å². The maximum Gasteiger partial charge on any atom is 0.269 e. The Hall–Kier alpha value is -4.14. The Bertz CT molecular complexity index is 1480. The van der Waals surface area contributed by atoms with E-state index >= 15 is 0 Å². The Balaban J connectivity index is 1.40. The molecule has 0 saturated heterocycles. The lowest BCUT2D eigenvalue weighted by atomic mass is 10.0. The number of fused-ring (bicyclic) bond motifs is 2. The topological polar surface area (TPSA) is 104 Å². The van der Waals surface area contributed by atoms with Crippen LogP contribution in [0, 0.1) is 0 Å². The third kappa shape index (κ3) is 5.41. The fraction of sp³-hybridized carbons (Fsp3) is 0.267. The first kappa shape index (κ1) is 25.5. The summed E-state index contributed by atoms with van der Waals surface area (Å²) >= 11 is 0. The third-order valence-electron chi connectivity index (χ3n) is 7.29. The Morgan fingerprint density at radius 3 is 2.79 bits per heavy atom. The summed E-state index contributed by atoms with van der Waals surface area (Å²) in [4.78, 5) is 34.6. The minimum atomic E-state index is -0.551. The summed E-state index contributed by atoms with van der Waals surface area (Å²) in [6.45, 7) is 1.56. The third-order valence-corrected chi connectivity index (χ3v) is 7.29. The molecule has 5 rings (SSSR count). The van der Waals surface area contributed by atoms with Crippen molar-refractivity contribution in [2.24, 2.45) is 0 Å². The van der Waals surface area contributed by atoms with Gasteiger partial charge in [-0.15, -0.1) is 0 Å². The summed E-state index contributed by atoms with van der Waals surface area (Å²) in [7, 11) is 3.51. The van der Waals surface area contributed by atoms with Gasteiger partial charge in [-0.05, 0) is 65.8 Å². The van der Waals surface area contributed by atoms with E-state index in [-0.39, 0.29) is 11.9 Å². The number of amides is 2. The number of aryl methyl sites for hydroxylation is 1. The van der Waals surface area contributed by atoms with Crippen molar-refractivity contribution in [2.45, 2.75) is 31.8 Å². The number of carbonyl (C=O) groups excluding carboxylic acids is 2. The summed E-state index contributed by atoms with van der Waals surface area (Å²) in [5.41, 5.74) is 9.16. The molecule has 2 aromatic heterocycles. The van der Waals surface area contributed by atoms with Gasteiger partial charge in [-0.3, -0.25) is 19.7 Å². The van der Waals surface area contributed by atoms with E-state index in [0.717, 1.165) is 42.6 Å². The highest BCUT2D eigenvalue weighted by molar-refractivity contribution is 5.92. The van der Waals surface area contributed by atoms with Crippen molar-refractivity contribution in [2.75, 3.05) is 20.6 Å². The number of nitrogens with zero attached hydrogens (tertiary/aromatic N) is 2. The fourth-order valence-electron chi connectivity index (χ4n) is 5.37. The predicted octanol–water partition coefficient (Wildman–Crippen LogP) is 4.45. The number of carbonyl (C=O) groups is 2. The molecule has 2 amide bonds. The standard InChI is InChI=1S/C30H33N5O3/c1-34(2)30(37)27-12-10-23(32-27)19-35(16-15-22-18-31-26-6-4-3-5-24(22)26)28-13-9-21-17-20(7-11-25(21)28)8-14-29(36)33-38/h3-8,10-12,14,17-18,28,31-32,38H,9,13,15-16,19H2,1-2H3,(H,33,36)/t28-/m1/s1. The van der Waals surface area contributed by atoms with Gasteiger partial charge in [-0.2, -0.15) is 0 Å². The van der Waals surface area contributed by atoms with Crippen molar-refractivity contribution in [3.8, 4) is 0 Å².